The van der Waals surface area contributed by atoms with E-state index in [0.717, 1.165) is 6.20 Å². The first-order valence-electron chi connectivity index (χ1n) is 5.27. The van der Waals surface area contributed by atoms with Crippen LogP contribution in [0.4, 0.5) is 5.69 Å². The van der Waals surface area contributed by atoms with Crippen molar-refractivity contribution >= 4 is 11.7 Å². The average Bonchev–Trinajstić information content (AvgIpc) is 2.88. The molecule has 100 valence electrons. The molecule has 2 heterocycles. The van der Waals surface area contributed by atoms with Gasteiger partial charge in [0.25, 0.3) is 0 Å². The van der Waals surface area contributed by atoms with Crippen LogP contribution in [0.15, 0.2) is 10.7 Å². The highest BCUT2D eigenvalue weighted by Crippen LogP contribution is 2.19. The number of hydrogen-bond donors (Lipinski definition) is 1. The van der Waals surface area contributed by atoms with Crippen molar-refractivity contribution in [2.45, 2.75) is 20.4 Å². The Kier molecular flexibility index (Phi) is 3.03. The van der Waals surface area contributed by atoms with Gasteiger partial charge in [-0.25, -0.2) is 4.79 Å². The van der Waals surface area contributed by atoms with Crippen molar-refractivity contribution < 1.29 is 19.3 Å². The van der Waals surface area contributed by atoms with Crippen molar-refractivity contribution in [1.82, 2.24) is 14.9 Å². The summed E-state index contributed by atoms with van der Waals surface area (Å²) in [7, 11) is 0. The second-order valence-corrected chi connectivity index (χ2v) is 3.93. The number of aromatic nitrogens is 3. The highest BCUT2D eigenvalue weighted by Gasteiger charge is 2.25. The van der Waals surface area contributed by atoms with Gasteiger partial charge in [-0.15, -0.1) is 0 Å². The summed E-state index contributed by atoms with van der Waals surface area (Å²) in [5, 5.41) is 27.0. The van der Waals surface area contributed by atoms with Gasteiger partial charge in [-0.2, -0.15) is 5.10 Å². The van der Waals surface area contributed by atoms with Gasteiger partial charge >= 0.3 is 11.7 Å². The number of aromatic carboxylic acids is 1. The van der Waals surface area contributed by atoms with Crippen LogP contribution in [0.5, 0.6) is 0 Å². The third-order valence-electron chi connectivity index (χ3n) is 2.64. The molecule has 19 heavy (non-hydrogen) atoms. The zero-order chi connectivity index (χ0) is 14.2. The lowest BCUT2D eigenvalue weighted by atomic mass is 10.2. The van der Waals surface area contributed by atoms with Crippen molar-refractivity contribution in [3.05, 3.63) is 39.0 Å². The van der Waals surface area contributed by atoms with Crippen molar-refractivity contribution in [3.8, 4) is 0 Å². The van der Waals surface area contributed by atoms with Gasteiger partial charge in [0.2, 0.25) is 5.69 Å². The fourth-order valence-corrected chi connectivity index (χ4v) is 1.67. The zero-order valence-corrected chi connectivity index (χ0v) is 10.2. The topological polar surface area (TPSA) is 124 Å². The minimum Gasteiger partial charge on any atom is -0.476 e. The van der Waals surface area contributed by atoms with Crippen LogP contribution in [0.3, 0.4) is 0 Å². The molecule has 0 fully saturated rings. The summed E-state index contributed by atoms with van der Waals surface area (Å²) in [5.41, 5.74) is 0.220. The number of carboxylic acids is 1. The second-order valence-electron chi connectivity index (χ2n) is 3.93. The van der Waals surface area contributed by atoms with Crippen molar-refractivity contribution in [2.24, 2.45) is 0 Å². The minimum absolute atomic E-state index is 0.162. The van der Waals surface area contributed by atoms with Crippen LogP contribution >= 0.6 is 0 Å². The first kappa shape index (κ1) is 12.7. The van der Waals surface area contributed by atoms with Crippen LogP contribution in [0, 0.1) is 24.0 Å². The summed E-state index contributed by atoms with van der Waals surface area (Å²) in [5.74, 6) is -0.878. The number of rotatable bonds is 4. The van der Waals surface area contributed by atoms with Crippen LogP contribution in [0.1, 0.15) is 27.5 Å². The largest absolute Gasteiger partial charge is 0.476 e. The second kappa shape index (κ2) is 4.52. The molecule has 2 aromatic rings. The van der Waals surface area contributed by atoms with E-state index in [0.29, 0.717) is 17.0 Å². The molecule has 0 aliphatic heterocycles. The molecule has 0 amide bonds. The van der Waals surface area contributed by atoms with E-state index < -0.39 is 22.3 Å². The van der Waals surface area contributed by atoms with Crippen molar-refractivity contribution in [2.75, 3.05) is 0 Å². The van der Waals surface area contributed by atoms with Crippen LogP contribution < -0.4 is 0 Å². The van der Waals surface area contributed by atoms with Gasteiger partial charge in [0.1, 0.15) is 12.0 Å². The lowest BCUT2D eigenvalue weighted by Crippen LogP contribution is -2.05. The third-order valence-corrected chi connectivity index (χ3v) is 2.64. The Morgan fingerprint density at radius 3 is 2.68 bits per heavy atom. The summed E-state index contributed by atoms with van der Waals surface area (Å²) >= 11 is 0. The predicted octanol–water partition coefficient (Wildman–Crippen LogP) is 1.14. The fraction of sp³-hybridized carbons (Fsp3) is 0.300. The number of carbonyl (C=O) groups is 1. The summed E-state index contributed by atoms with van der Waals surface area (Å²) < 4.78 is 6.15. The lowest BCUT2D eigenvalue weighted by molar-refractivity contribution is -0.385. The number of nitro groups is 1. The van der Waals surface area contributed by atoms with Crippen molar-refractivity contribution in [1.29, 1.82) is 0 Å². The number of hydrogen-bond acceptors (Lipinski definition) is 6. The van der Waals surface area contributed by atoms with Crippen LogP contribution in [-0.4, -0.2) is 30.9 Å². The third kappa shape index (κ3) is 2.30. The molecule has 9 nitrogen and oxygen atoms in total. The Labute approximate surface area is 106 Å². The molecule has 0 aliphatic carbocycles. The fourth-order valence-electron chi connectivity index (χ4n) is 1.67. The van der Waals surface area contributed by atoms with E-state index in [4.69, 9.17) is 9.63 Å². The van der Waals surface area contributed by atoms with E-state index in [1.807, 2.05) is 0 Å². The van der Waals surface area contributed by atoms with Gasteiger partial charge in [-0.3, -0.25) is 14.8 Å². The highest BCUT2D eigenvalue weighted by atomic mass is 16.6. The van der Waals surface area contributed by atoms with E-state index in [-0.39, 0.29) is 6.54 Å². The first-order valence-corrected chi connectivity index (χ1v) is 5.27. The molecule has 2 aromatic heterocycles. The SMILES string of the molecule is Cc1noc(C)c1Cn1cc([N+](=O)[O-])c(C(=O)O)n1. The van der Waals surface area contributed by atoms with Gasteiger partial charge in [0.05, 0.1) is 17.2 Å². The van der Waals surface area contributed by atoms with Crippen LogP contribution in [-0.2, 0) is 6.54 Å². The molecule has 0 atom stereocenters. The normalized spacial score (nSPS) is 10.6. The Morgan fingerprint density at radius 2 is 2.26 bits per heavy atom. The van der Waals surface area contributed by atoms with Gasteiger partial charge in [-0.05, 0) is 13.8 Å². The molecule has 0 unspecified atom stereocenters. The Bertz CT molecular complexity index is 606. The molecule has 1 N–H and O–H groups in total. The van der Waals surface area contributed by atoms with Gasteiger partial charge in [0.15, 0.2) is 0 Å². The summed E-state index contributed by atoms with van der Waals surface area (Å²) in [4.78, 5) is 20.8. The van der Waals surface area contributed by atoms with Crippen LogP contribution in [0.2, 0.25) is 0 Å². The summed E-state index contributed by atoms with van der Waals surface area (Å²) in [6.07, 6.45) is 1.08. The molecule has 0 aliphatic rings. The molecular weight excluding hydrogens is 256 g/mol. The molecular formula is C10H10N4O5. The van der Waals surface area contributed by atoms with Gasteiger partial charge < -0.3 is 9.63 Å². The summed E-state index contributed by atoms with van der Waals surface area (Å²) in [6, 6.07) is 0. The highest BCUT2D eigenvalue weighted by molar-refractivity contribution is 5.89. The maximum Gasteiger partial charge on any atom is 0.363 e. The number of carboxylic acid groups (broad SMARTS) is 1. The quantitative estimate of drug-likeness (QED) is 0.649. The molecule has 0 saturated heterocycles. The lowest BCUT2D eigenvalue weighted by Gasteiger charge is -1.99. The Balaban J connectivity index is 2.39. The molecule has 2 rings (SSSR count). The zero-order valence-electron chi connectivity index (χ0n) is 10.2. The maximum atomic E-state index is 10.9. The van der Waals surface area contributed by atoms with E-state index in [2.05, 4.69) is 10.3 Å². The minimum atomic E-state index is -1.44. The molecule has 0 spiro atoms. The molecule has 9 heteroatoms. The standard InChI is InChI=1S/C10H10N4O5/c1-5-7(6(2)19-12-5)3-13-4-8(14(17)18)9(11-13)10(15)16/h4H,3H2,1-2H3,(H,15,16). The van der Waals surface area contributed by atoms with Crippen molar-refractivity contribution in [3.63, 3.8) is 0 Å². The smallest absolute Gasteiger partial charge is 0.363 e. The molecule has 0 aromatic carbocycles. The maximum absolute atomic E-state index is 10.9. The van der Waals surface area contributed by atoms with E-state index >= 15 is 0 Å². The summed E-state index contributed by atoms with van der Waals surface area (Å²) in [6.45, 7) is 3.59. The molecule has 0 radical (unpaired) electrons. The van der Waals surface area contributed by atoms with Crippen LogP contribution in [0.25, 0.3) is 0 Å². The van der Waals surface area contributed by atoms with E-state index in [1.54, 1.807) is 13.8 Å². The van der Waals surface area contributed by atoms with E-state index in [9.17, 15) is 14.9 Å². The molecule has 0 saturated carbocycles. The predicted molar refractivity (Wildman–Crippen MR) is 60.9 cm³/mol. The van der Waals surface area contributed by atoms with Gasteiger partial charge in [0, 0.05) is 5.56 Å². The number of aryl methyl sites for hydroxylation is 2. The molecule has 0 bridgehead atoms. The average molecular weight is 266 g/mol. The monoisotopic (exact) mass is 266 g/mol. The first-order chi connectivity index (χ1) is 8.90. The van der Waals surface area contributed by atoms with Gasteiger partial charge in [-0.1, -0.05) is 5.16 Å². The van der Waals surface area contributed by atoms with E-state index in [1.165, 1.54) is 4.68 Å². The number of nitrogens with zero attached hydrogens (tertiary/aromatic N) is 4. The Morgan fingerprint density at radius 1 is 1.58 bits per heavy atom. The Hall–Kier alpha value is -2.71.